The summed E-state index contributed by atoms with van der Waals surface area (Å²) in [5, 5.41) is 0. The minimum Gasteiger partial charge on any atom is -0.465 e. The summed E-state index contributed by atoms with van der Waals surface area (Å²) in [7, 11) is 0. The number of nitrogens with zero attached hydrogens (tertiary/aromatic N) is 1. The number of pyridine rings is 1. The summed E-state index contributed by atoms with van der Waals surface area (Å²) in [4.78, 5) is 16.1. The number of aromatic nitrogens is 1. The van der Waals surface area contributed by atoms with Gasteiger partial charge in [-0.05, 0) is 19.1 Å². The molecular weight excluding hydrogens is 254 g/mol. The molecule has 5 nitrogen and oxygen atoms in total. The van der Waals surface area contributed by atoms with Gasteiger partial charge in [0.2, 0.25) is 0 Å². The fourth-order valence-corrected chi connectivity index (χ4v) is 1.84. The van der Waals surface area contributed by atoms with Crippen LogP contribution in [0.15, 0.2) is 42.5 Å². The second kappa shape index (κ2) is 6.16. The van der Waals surface area contributed by atoms with Crippen LogP contribution in [0, 0.1) is 0 Å². The highest BCUT2D eigenvalue weighted by atomic mass is 16.5. The lowest BCUT2D eigenvalue weighted by Gasteiger charge is -2.12. The van der Waals surface area contributed by atoms with Crippen LogP contribution < -0.4 is 11.5 Å². The van der Waals surface area contributed by atoms with Crippen LogP contribution in [-0.2, 0) is 9.53 Å². The van der Waals surface area contributed by atoms with Gasteiger partial charge in [-0.2, -0.15) is 0 Å². The molecule has 5 heteroatoms. The maximum Gasteiger partial charge on any atom is 0.329 e. The molecule has 1 aromatic heterocycles. The Hall–Kier alpha value is -2.40. The summed E-state index contributed by atoms with van der Waals surface area (Å²) >= 11 is 0. The van der Waals surface area contributed by atoms with E-state index in [2.05, 4.69) is 4.98 Å². The van der Waals surface area contributed by atoms with Crippen molar-refractivity contribution in [1.29, 1.82) is 0 Å². The SMILES string of the molecule is CCOC(=O)[C@H](N)c1ccc(N)c(-c2ccccc2)n1. The molecule has 1 aromatic carbocycles. The fraction of sp³-hybridized carbons (Fsp3) is 0.200. The standard InChI is InChI=1S/C15H17N3O2/c1-2-20-15(19)13(17)12-9-8-11(16)14(18-12)10-6-4-3-5-7-10/h3-9,13H,2,16-17H2,1H3/t13-/m1/s1. The van der Waals surface area contributed by atoms with Gasteiger partial charge in [0.1, 0.15) is 6.04 Å². The topological polar surface area (TPSA) is 91.2 Å². The Labute approximate surface area is 117 Å². The van der Waals surface area contributed by atoms with Crippen LogP contribution in [-0.4, -0.2) is 17.6 Å². The Balaban J connectivity index is 2.36. The molecule has 2 rings (SSSR count). The van der Waals surface area contributed by atoms with E-state index in [-0.39, 0.29) is 6.61 Å². The summed E-state index contributed by atoms with van der Waals surface area (Å²) < 4.78 is 4.90. The number of carbonyl (C=O) groups excluding carboxylic acids is 1. The lowest BCUT2D eigenvalue weighted by atomic mass is 10.1. The molecule has 2 aromatic rings. The minimum atomic E-state index is -0.905. The van der Waals surface area contributed by atoms with Gasteiger partial charge in [-0.1, -0.05) is 30.3 Å². The Bertz CT molecular complexity index is 599. The largest absolute Gasteiger partial charge is 0.465 e. The average Bonchev–Trinajstić information content (AvgIpc) is 2.48. The summed E-state index contributed by atoms with van der Waals surface area (Å²) in [5.74, 6) is -0.496. The number of nitrogen functional groups attached to an aromatic ring is 1. The number of anilines is 1. The number of benzene rings is 1. The number of nitrogens with two attached hydrogens (primary N) is 2. The third-order valence-corrected chi connectivity index (χ3v) is 2.85. The van der Waals surface area contributed by atoms with Crippen molar-refractivity contribution >= 4 is 11.7 Å². The number of carbonyl (C=O) groups is 1. The van der Waals surface area contributed by atoms with Gasteiger partial charge in [-0.3, -0.25) is 0 Å². The normalized spacial score (nSPS) is 11.9. The molecule has 1 atom stereocenters. The molecule has 0 saturated heterocycles. The molecule has 0 unspecified atom stereocenters. The lowest BCUT2D eigenvalue weighted by Crippen LogP contribution is -2.25. The first-order valence-corrected chi connectivity index (χ1v) is 6.37. The lowest BCUT2D eigenvalue weighted by molar-refractivity contribution is -0.144. The van der Waals surface area contributed by atoms with E-state index in [4.69, 9.17) is 16.2 Å². The Morgan fingerprint density at radius 2 is 1.95 bits per heavy atom. The van der Waals surface area contributed by atoms with E-state index in [1.54, 1.807) is 19.1 Å². The molecule has 0 amide bonds. The van der Waals surface area contributed by atoms with Crippen molar-refractivity contribution in [1.82, 2.24) is 4.98 Å². The van der Waals surface area contributed by atoms with Gasteiger partial charge in [-0.15, -0.1) is 0 Å². The predicted octanol–water partition coefficient (Wildman–Crippen LogP) is 1.89. The predicted molar refractivity (Wildman–Crippen MR) is 77.6 cm³/mol. The molecule has 104 valence electrons. The average molecular weight is 271 g/mol. The summed E-state index contributed by atoms with van der Waals surface area (Å²) in [6, 6.07) is 11.9. The third-order valence-electron chi connectivity index (χ3n) is 2.85. The molecule has 0 aliphatic carbocycles. The number of esters is 1. The zero-order valence-corrected chi connectivity index (χ0v) is 11.2. The first-order valence-electron chi connectivity index (χ1n) is 6.37. The molecule has 0 saturated carbocycles. The molecular formula is C15H17N3O2. The molecule has 0 bridgehead atoms. The number of ether oxygens (including phenoxy) is 1. The van der Waals surface area contributed by atoms with Gasteiger partial charge in [0.05, 0.1) is 23.7 Å². The quantitative estimate of drug-likeness (QED) is 0.829. The van der Waals surface area contributed by atoms with Gasteiger partial charge in [0.15, 0.2) is 0 Å². The van der Waals surface area contributed by atoms with Crippen molar-refractivity contribution in [2.45, 2.75) is 13.0 Å². The van der Waals surface area contributed by atoms with Crippen LogP contribution in [0.25, 0.3) is 11.3 Å². The number of hydrogen-bond donors (Lipinski definition) is 2. The van der Waals surface area contributed by atoms with Crippen molar-refractivity contribution in [2.24, 2.45) is 5.73 Å². The number of hydrogen-bond acceptors (Lipinski definition) is 5. The summed E-state index contributed by atoms with van der Waals surface area (Å²) in [6.45, 7) is 2.02. The zero-order chi connectivity index (χ0) is 14.5. The molecule has 0 radical (unpaired) electrons. The fourth-order valence-electron chi connectivity index (χ4n) is 1.84. The highest BCUT2D eigenvalue weighted by molar-refractivity contribution is 5.78. The second-order valence-corrected chi connectivity index (χ2v) is 4.27. The molecule has 0 spiro atoms. The summed E-state index contributed by atoms with van der Waals surface area (Å²) in [6.07, 6.45) is 0. The van der Waals surface area contributed by atoms with E-state index >= 15 is 0 Å². The van der Waals surface area contributed by atoms with E-state index < -0.39 is 12.0 Å². The van der Waals surface area contributed by atoms with Crippen molar-refractivity contribution in [3.8, 4) is 11.3 Å². The maximum atomic E-state index is 11.7. The van der Waals surface area contributed by atoms with Gasteiger partial charge in [0.25, 0.3) is 0 Å². The molecule has 0 aliphatic rings. The van der Waals surface area contributed by atoms with Crippen LogP contribution >= 0.6 is 0 Å². The summed E-state index contributed by atoms with van der Waals surface area (Å²) in [5.41, 5.74) is 14.3. The van der Waals surface area contributed by atoms with Crippen molar-refractivity contribution in [3.05, 3.63) is 48.2 Å². The first kappa shape index (κ1) is 14.0. The number of rotatable bonds is 4. The first-order chi connectivity index (χ1) is 9.63. The monoisotopic (exact) mass is 271 g/mol. The van der Waals surface area contributed by atoms with E-state index in [1.807, 2.05) is 30.3 Å². The Morgan fingerprint density at radius 1 is 1.25 bits per heavy atom. The van der Waals surface area contributed by atoms with Crippen LogP contribution in [0.5, 0.6) is 0 Å². The molecule has 0 aliphatic heterocycles. The van der Waals surface area contributed by atoms with E-state index in [0.717, 1.165) is 5.56 Å². The third kappa shape index (κ3) is 2.95. The van der Waals surface area contributed by atoms with E-state index in [9.17, 15) is 4.79 Å². The molecule has 0 fully saturated rings. The van der Waals surface area contributed by atoms with Crippen molar-refractivity contribution in [3.63, 3.8) is 0 Å². The highest BCUT2D eigenvalue weighted by Crippen LogP contribution is 2.25. The van der Waals surface area contributed by atoms with Gasteiger partial charge < -0.3 is 16.2 Å². The van der Waals surface area contributed by atoms with Crippen molar-refractivity contribution in [2.75, 3.05) is 12.3 Å². The molecule has 1 heterocycles. The molecule has 4 N–H and O–H groups in total. The minimum absolute atomic E-state index is 0.285. The van der Waals surface area contributed by atoms with Gasteiger partial charge in [0, 0.05) is 5.56 Å². The highest BCUT2D eigenvalue weighted by Gasteiger charge is 2.19. The zero-order valence-electron chi connectivity index (χ0n) is 11.2. The van der Waals surface area contributed by atoms with Gasteiger partial charge in [-0.25, -0.2) is 9.78 Å². The van der Waals surface area contributed by atoms with Crippen LogP contribution in [0.4, 0.5) is 5.69 Å². The van der Waals surface area contributed by atoms with E-state index in [0.29, 0.717) is 17.1 Å². The molecule has 20 heavy (non-hydrogen) atoms. The van der Waals surface area contributed by atoms with E-state index in [1.165, 1.54) is 0 Å². The van der Waals surface area contributed by atoms with Crippen LogP contribution in [0.1, 0.15) is 18.7 Å². The Kier molecular flexibility index (Phi) is 4.32. The smallest absolute Gasteiger partial charge is 0.329 e. The van der Waals surface area contributed by atoms with Crippen LogP contribution in [0.2, 0.25) is 0 Å². The maximum absolute atomic E-state index is 11.7. The van der Waals surface area contributed by atoms with Gasteiger partial charge >= 0.3 is 5.97 Å². The second-order valence-electron chi connectivity index (χ2n) is 4.27. The Morgan fingerprint density at radius 3 is 2.60 bits per heavy atom. The van der Waals surface area contributed by atoms with Crippen molar-refractivity contribution < 1.29 is 9.53 Å². The van der Waals surface area contributed by atoms with Crippen LogP contribution in [0.3, 0.4) is 0 Å².